The Morgan fingerprint density at radius 3 is 2.40 bits per heavy atom. The Hall–Kier alpha value is -2.68. The number of ether oxygens (including phenoxy) is 1. The lowest BCUT2D eigenvalue weighted by Gasteiger charge is -2.21. The first kappa shape index (κ1) is 33.5. The molecule has 0 aromatic carbocycles. The van der Waals surface area contributed by atoms with Crippen molar-refractivity contribution < 1.29 is 39.9 Å². The number of carbonyl (C=O) groups is 1. The van der Waals surface area contributed by atoms with Crippen molar-refractivity contribution in [3.8, 4) is 17.0 Å². The third-order valence-corrected chi connectivity index (χ3v) is 7.52. The predicted molar refractivity (Wildman–Crippen MR) is 142 cm³/mol. The van der Waals surface area contributed by atoms with Crippen LogP contribution in [-0.2, 0) is 16.4 Å². The third kappa shape index (κ3) is 9.46. The van der Waals surface area contributed by atoms with Crippen LogP contribution in [0.2, 0.25) is 5.02 Å². The van der Waals surface area contributed by atoms with Crippen LogP contribution in [0, 0.1) is 5.92 Å². The molecule has 226 valence electrons. The average molecular weight is 618 g/mol. The summed E-state index contributed by atoms with van der Waals surface area (Å²) in [6.07, 6.45) is -1.07. The Morgan fingerprint density at radius 1 is 1.20 bits per heavy atom. The number of anilines is 1. The van der Waals surface area contributed by atoms with Crippen molar-refractivity contribution in [1.29, 1.82) is 0 Å². The number of nitrogens with one attached hydrogen (secondary N) is 2. The minimum atomic E-state index is -4.60. The van der Waals surface area contributed by atoms with E-state index in [2.05, 4.69) is 25.5 Å². The van der Waals surface area contributed by atoms with Crippen molar-refractivity contribution in [3.63, 3.8) is 0 Å². The molecule has 40 heavy (non-hydrogen) atoms. The average Bonchev–Trinajstić information content (AvgIpc) is 3.18. The maximum Gasteiger partial charge on any atom is 0.408 e. The van der Waals surface area contributed by atoms with E-state index in [1.807, 2.05) is 6.92 Å². The second-order valence-electron chi connectivity index (χ2n) is 9.17. The molecule has 2 N–H and O–H groups in total. The van der Waals surface area contributed by atoms with Gasteiger partial charge >= 0.3 is 12.8 Å². The number of halogens is 6. The molecule has 2 heterocycles. The first-order valence-corrected chi connectivity index (χ1v) is 15.1. The van der Waals surface area contributed by atoms with Crippen LogP contribution in [0.3, 0.4) is 0 Å². The Bertz CT molecular complexity index is 1260. The normalized spacial score (nSPS) is 13.8. The molecule has 0 unspecified atom stereocenters. The molecule has 2 atom stereocenters. The molecule has 0 aliphatic heterocycles. The number of alkyl halides is 5. The van der Waals surface area contributed by atoms with Gasteiger partial charge < -0.3 is 15.4 Å². The molecule has 0 aliphatic rings. The van der Waals surface area contributed by atoms with Crippen LogP contribution >= 0.6 is 11.6 Å². The number of carbonyl (C=O) groups excluding carboxylic acids is 1. The largest absolute Gasteiger partial charge is 0.434 e. The van der Waals surface area contributed by atoms with Crippen molar-refractivity contribution in [3.05, 3.63) is 23.0 Å². The fraction of sp³-hybridized carbons (Fsp3) is 0.625. The molecule has 2 aromatic heterocycles. The van der Waals surface area contributed by atoms with E-state index in [0.29, 0.717) is 19.3 Å². The molecule has 0 saturated heterocycles. The topological polar surface area (TPSA) is 115 Å². The number of hydrogen-bond acceptors (Lipinski definition) is 7. The van der Waals surface area contributed by atoms with Gasteiger partial charge in [0, 0.05) is 37.4 Å². The summed E-state index contributed by atoms with van der Waals surface area (Å²) < 4.78 is 94.7. The maximum atomic E-state index is 13.2. The zero-order valence-corrected chi connectivity index (χ0v) is 24.1. The Balaban J connectivity index is 2.35. The van der Waals surface area contributed by atoms with Gasteiger partial charge in [-0.1, -0.05) is 31.9 Å². The van der Waals surface area contributed by atoms with E-state index in [0.717, 1.165) is 18.5 Å². The highest BCUT2D eigenvalue weighted by Crippen LogP contribution is 2.39. The zero-order valence-electron chi connectivity index (χ0n) is 22.5. The van der Waals surface area contributed by atoms with E-state index >= 15 is 0 Å². The van der Waals surface area contributed by atoms with Gasteiger partial charge in [-0.15, -0.1) is 0 Å². The molecule has 1 amide bonds. The molecule has 9 nitrogen and oxygen atoms in total. The van der Waals surface area contributed by atoms with Crippen LogP contribution in [0.4, 0.5) is 27.8 Å². The van der Waals surface area contributed by atoms with Gasteiger partial charge in [0.2, 0.25) is 0 Å². The number of hydrogen-bond donors (Lipinski definition) is 2. The number of sulfone groups is 1. The number of amides is 1. The lowest BCUT2D eigenvalue weighted by molar-refractivity contribution is -0.142. The van der Waals surface area contributed by atoms with Crippen LogP contribution in [0.1, 0.15) is 56.9 Å². The summed E-state index contributed by atoms with van der Waals surface area (Å²) in [4.78, 5) is 16.9. The predicted octanol–water partition coefficient (Wildman–Crippen LogP) is 5.55. The van der Waals surface area contributed by atoms with E-state index in [4.69, 9.17) is 11.6 Å². The van der Waals surface area contributed by atoms with Gasteiger partial charge in [0.15, 0.2) is 5.69 Å². The summed E-state index contributed by atoms with van der Waals surface area (Å²) in [5, 5.41) is 8.90. The first-order valence-electron chi connectivity index (χ1n) is 12.6. The van der Waals surface area contributed by atoms with Crippen molar-refractivity contribution in [1.82, 2.24) is 20.1 Å². The minimum Gasteiger partial charge on any atom is -0.434 e. The van der Waals surface area contributed by atoms with Gasteiger partial charge in [0.1, 0.15) is 27.4 Å². The monoisotopic (exact) mass is 617 g/mol. The number of rotatable bonds is 15. The van der Waals surface area contributed by atoms with Gasteiger partial charge in [-0.25, -0.2) is 13.4 Å². The molecular weight excluding hydrogens is 585 g/mol. The van der Waals surface area contributed by atoms with Crippen molar-refractivity contribution >= 4 is 33.2 Å². The molecule has 0 spiro atoms. The van der Waals surface area contributed by atoms with Crippen LogP contribution in [-0.4, -0.2) is 66.5 Å². The summed E-state index contributed by atoms with van der Waals surface area (Å²) in [6.45, 7) is 1.94. The molecule has 0 bridgehead atoms. The van der Waals surface area contributed by atoms with Crippen molar-refractivity contribution in [2.45, 2.75) is 71.8 Å². The van der Waals surface area contributed by atoms with E-state index < -0.39 is 40.3 Å². The van der Waals surface area contributed by atoms with Crippen LogP contribution in [0.25, 0.3) is 11.3 Å². The number of aromatic nitrogens is 3. The fourth-order valence-corrected chi connectivity index (χ4v) is 4.97. The Labute approximate surface area is 234 Å². The summed E-state index contributed by atoms with van der Waals surface area (Å²) in [5.74, 6) is -1.46. The fourth-order valence-electron chi connectivity index (χ4n) is 3.96. The van der Waals surface area contributed by atoms with Crippen LogP contribution in [0.5, 0.6) is 5.75 Å². The number of pyridine rings is 1. The smallest absolute Gasteiger partial charge is 0.408 e. The SMILES string of the molecule is CC[C@H](CCCS(C)(=O)=O)CNC(=O)c1nn(CC)c(-c2cnc(N[C@H](CC)C(F)(F)F)cc2OC(F)F)c1Cl. The summed E-state index contributed by atoms with van der Waals surface area (Å²) in [7, 11) is -3.10. The summed E-state index contributed by atoms with van der Waals surface area (Å²) >= 11 is 6.49. The molecule has 2 aromatic rings. The standard InChI is InChI=1S/C24H33ClF5N5O4S/c1-5-14(9-8-10-40(4,37)38)12-32-22(36)20-19(25)21(35(7-3)34-20)15-13-31-18(11-16(15)39-23(26)27)33-17(6-2)24(28,29)30/h11,13-14,17,23H,5-10,12H2,1-4H3,(H,31,33)(H,32,36)/t14-,17-/m1/s1. The lowest BCUT2D eigenvalue weighted by atomic mass is 10.0. The van der Waals surface area contributed by atoms with Gasteiger partial charge in [0.05, 0.1) is 16.3 Å². The first-order chi connectivity index (χ1) is 18.6. The minimum absolute atomic E-state index is 0.00357. The van der Waals surface area contributed by atoms with Crippen LogP contribution in [0.15, 0.2) is 12.3 Å². The Kier molecular flexibility index (Phi) is 12.0. The highest BCUT2D eigenvalue weighted by Gasteiger charge is 2.38. The number of nitrogens with zero attached hydrogens (tertiary/aromatic N) is 3. The molecule has 0 saturated carbocycles. The van der Waals surface area contributed by atoms with E-state index in [1.54, 1.807) is 6.92 Å². The van der Waals surface area contributed by atoms with Gasteiger partial charge in [-0.2, -0.15) is 27.1 Å². The zero-order chi connectivity index (χ0) is 30.3. The molecule has 0 radical (unpaired) electrons. The second-order valence-corrected chi connectivity index (χ2v) is 11.8. The molecule has 16 heteroatoms. The highest BCUT2D eigenvalue weighted by molar-refractivity contribution is 7.90. The third-order valence-electron chi connectivity index (χ3n) is 6.13. The molecule has 2 rings (SSSR count). The van der Waals surface area contributed by atoms with Gasteiger partial charge in [-0.05, 0) is 32.1 Å². The van der Waals surface area contributed by atoms with Crippen molar-refractivity contribution in [2.75, 3.05) is 23.9 Å². The molecule has 0 aliphatic carbocycles. The Morgan fingerprint density at radius 2 is 1.88 bits per heavy atom. The molecular formula is C24H33ClF5N5O4S. The quantitative estimate of drug-likeness (QED) is 0.252. The maximum absolute atomic E-state index is 13.2. The number of aryl methyl sites for hydroxylation is 1. The van der Waals surface area contributed by atoms with Gasteiger partial charge in [0.25, 0.3) is 5.91 Å². The van der Waals surface area contributed by atoms with E-state index in [9.17, 15) is 35.2 Å². The van der Waals surface area contributed by atoms with E-state index in [-0.39, 0.29) is 59.0 Å². The van der Waals surface area contributed by atoms with Gasteiger partial charge in [-0.3, -0.25) is 9.48 Å². The van der Waals surface area contributed by atoms with Crippen LogP contribution < -0.4 is 15.4 Å². The second kappa shape index (κ2) is 14.3. The lowest BCUT2D eigenvalue weighted by Crippen LogP contribution is -2.35. The van der Waals surface area contributed by atoms with Crippen molar-refractivity contribution in [2.24, 2.45) is 5.92 Å². The summed E-state index contributed by atoms with van der Waals surface area (Å²) in [5.41, 5.74) is -0.276. The summed E-state index contributed by atoms with van der Waals surface area (Å²) in [6, 6.07) is -1.06. The molecule has 0 fully saturated rings. The van der Waals surface area contributed by atoms with E-state index in [1.165, 1.54) is 11.6 Å². The highest BCUT2D eigenvalue weighted by atomic mass is 35.5.